The van der Waals surface area contributed by atoms with Crippen molar-refractivity contribution in [2.75, 3.05) is 50.1 Å². The molecule has 5 heterocycles. The maximum absolute atomic E-state index is 14.9. The molecule has 0 spiro atoms. The lowest BCUT2D eigenvalue weighted by molar-refractivity contribution is 0.0532. The molecule has 0 bridgehead atoms. The Morgan fingerprint density at radius 2 is 1.88 bits per heavy atom. The summed E-state index contributed by atoms with van der Waals surface area (Å²) >= 11 is 2.97. The van der Waals surface area contributed by atoms with Gasteiger partial charge in [0.05, 0.1) is 23.9 Å². The van der Waals surface area contributed by atoms with Crippen molar-refractivity contribution in [3.8, 4) is 5.75 Å². The number of anilines is 4. The van der Waals surface area contributed by atoms with E-state index in [1.54, 1.807) is 17.4 Å². The highest BCUT2D eigenvalue weighted by Crippen LogP contribution is 2.59. The lowest BCUT2D eigenvalue weighted by atomic mass is 10.0. The third kappa shape index (κ3) is 6.81. The van der Waals surface area contributed by atoms with Crippen LogP contribution in [0.4, 0.5) is 35.1 Å². The van der Waals surface area contributed by atoms with Crippen LogP contribution in [0, 0.1) is 24.6 Å². The first-order valence-electron chi connectivity index (χ1n) is 17.5. The minimum absolute atomic E-state index is 0.166. The summed E-state index contributed by atoms with van der Waals surface area (Å²) in [5, 5.41) is 13.9. The van der Waals surface area contributed by atoms with Gasteiger partial charge in [-0.15, -0.1) is 21.5 Å². The molecule has 1 N–H and O–H groups in total. The molecular weight excluding hydrogens is 712 g/mol. The molecule has 1 aliphatic carbocycles. The number of methoxy groups -OCH3 is 1. The molecule has 3 aliphatic rings. The number of esters is 1. The van der Waals surface area contributed by atoms with E-state index in [9.17, 15) is 18.0 Å². The fourth-order valence-corrected chi connectivity index (χ4v) is 9.28. The van der Waals surface area contributed by atoms with Crippen LogP contribution in [0.2, 0.25) is 0 Å². The smallest absolute Gasteiger partial charge is 0.357 e. The molecule has 2 aromatic carbocycles. The maximum Gasteiger partial charge on any atom is 0.357 e. The zero-order valence-corrected chi connectivity index (χ0v) is 30.5. The van der Waals surface area contributed by atoms with Gasteiger partial charge in [-0.2, -0.15) is 0 Å². The molecular formula is C37H38F3N7O3S2. The fourth-order valence-electron chi connectivity index (χ4n) is 7.30. The number of piperidine rings is 1. The largest absolute Gasteiger partial charge is 0.491 e. The van der Waals surface area contributed by atoms with Crippen molar-refractivity contribution in [1.82, 2.24) is 25.1 Å². The number of rotatable bonds is 13. The van der Waals surface area contributed by atoms with Gasteiger partial charge in [0.2, 0.25) is 0 Å². The fraction of sp³-hybridized carbons (Fsp3) is 0.432. The van der Waals surface area contributed by atoms with E-state index in [4.69, 9.17) is 14.5 Å². The Kier molecular flexibility index (Phi) is 9.51. The Morgan fingerprint density at radius 3 is 2.67 bits per heavy atom. The second-order valence-electron chi connectivity index (χ2n) is 13.6. The summed E-state index contributed by atoms with van der Waals surface area (Å²) in [5.41, 5.74) is 4.08. The number of carbonyl (C=O) groups excluding carboxylic acids is 1. The van der Waals surface area contributed by atoms with E-state index in [-0.39, 0.29) is 18.1 Å². The molecule has 2 atom stereocenters. The number of alkyl halides is 2. The highest BCUT2D eigenvalue weighted by molar-refractivity contribution is 7.22. The van der Waals surface area contributed by atoms with Crippen LogP contribution in [-0.2, 0) is 24.0 Å². The number of hydrogen-bond donors (Lipinski definition) is 1. The molecule has 1 saturated heterocycles. The quantitative estimate of drug-likeness (QED) is 0.0950. The average Bonchev–Trinajstić information content (AvgIpc) is 3.69. The van der Waals surface area contributed by atoms with Gasteiger partial charge >= 0.3 is 5.97 Å². The van der Waals surface area contributed by atoms with Crippen molar-refractivity contribution in [3.05, 3.63) is 75.5 Å². The van der Waals surface area contributed by atoms with Gasteiger partial charge < -0.3 is 24.6 Å². The predicted octanol–water partition coefficient (Wildman–Crippen LogP) is 7.75. The molecule has 272 valence electrons. The van der Waals surface area contributed by atoms with Gasteiger partial charge in [-0.25, -0.2) is 27.9 Å². The third-order valence-corrected chi connectivity index (χ3v) is 12.3. The first-order valence-corrected chi connectivity index (χ1v) is 19.2. The summed E-state index contributed by atoms with van der Waals surface area (Å²) in [7, 11) is 1.33. The van der Waals surface area contributed by atoms with E-state index in [0.717, 1.165) is 68.5 Å². The van der Waals surface area contributed by atoms with Crippen molar-refractivity contribution >= 4 is 60.8 Å². The maximum atomic E-state index is 14.9. The number of aryl methyl sites for hydroxylation is 2. The summed E-state index contributed by atoms with van der Waals surface area (Å²) in [6.45, 7) is 4.59. The van der Waals surface area contributed by atoms with Crippen LogP contribution in [-0.4, -0.2) is 76.9 Å². The first-order chi connectivity index (χ1) is 25.2. The Balaban J connectivity index is 0.883. The third-order valence-electron chi connectivity index (χ3n) is 10.2. The Hall–Kier alpha value is -4.34. The average molecular weight is 750 g/mol. The number of ether oxygens (including phenoxy) is 2. The normalized spacial score (nSPS) is 19.1. The van der Waals surface area contributed by atoms with Crippen molar-refractivity contribution in [1.29, 1.82) is 0 Å². The predicted molar refractivity (Wildman–Crippen MR) is 195 cm³/mol. The van der Waals surface area contributed by atoms with Crippen molar-refractivity contribution in [3.63, 3.8) is 0 Å². The van der Waals surface area contributed by atoms with Crippen LogP contribution in [0.25, 0.3) is 10.2 Å². The first kappa shape index (κ1) is 34.7. The van der Waals surface area contributed by atoms with Crippen molar-refractivity contribution in [2.24, 2.45) is 11.8 Å². The van der Waals surface area contributed by atoms with Crippen LogP contribution in [0.5, 0.6) is 5.75 Å². The molecule has 0 radical (unpaired) electrons. The van der Waals surface area contributed by atoms with Gasteiger partial charge in [0.1, 0.15) is 0 Å². The minimum Gasteiger partial charge on any atom is -0.491 e. The highest BCUT2D eigenvalue weighted by atomic mass is 32.1. The number of para-hydroxylation sites is 1. The number of fused-ring (bicyclic) bond motifs is 3. The number of thiazole rings is 2. The zero-order chi connectivity index (χ0) is 36.0. The summed E-state index contributed by atoms with van der Waals surface area (Å²) in [6, 6.07) is 12.9. The lowest BCUT2D eigenvalue weighted by Gasteiger charge is -2.28. The molecule has 2 fully saturated rings. The number of halogens is 3. The molecule has 52 heavy (non-hydrogen) atoms. The summed E-state index contributed by atoms with van der Waals surface area (Å²) in [6.07, 6.45) is 4.17. The Labute approximate surface area is 307 Å². The van der Waals surface area contributed by atoms with Crippen LogP contribution in [0.3, 0.4) is 0 Å². The van der Waals surface area contributed by atoms with E-state index in [0.29, 0.717) is 49.8 Å². The Bertz CT molecular complexity index is 2080. The Morgan fingerprint density at radius 1 is 1.06 bits per heavy atom. The molecule has 1 saturated carbocycles. The molecule has 8 rings (SSSR count). The molecule has 15 heteroatoms. The molecule has 5 aromatic rings. The number of benzene rings is 2. The van der Waals surface area contributed by atoms with Crippen LogP contribution in [0.1, 0.15) is 51.3 Å². The van der Waals surface area contributed by atoms with Gasteiger partial charge in [-0.05, 0) is 81.8 Å². The van der Waals surface area contributed by atoms with E-state index < -0.39 is 29.5 Å². The van der Waals surface area contributed by atoms with Crippen LogP contribution < -0.4 is 15.0 Å². The van der Waals surface area contributed by atoms with Crippen LogP contribution >= 0.6 is 22.7 Å². The molecule has 10 nitrogen and oxygen atoms in total. The molecule has 0 amide bonds. The van der Waals surface area contributed by atoms with E-state index in [2.05, 4.69) is 25.4 Å². The zero-order valence-electron chi connectivity index (χ0n) is 28.8. The van der Waals surface area contributed by atoms with Gasteiger partial charge in [0, 0.05) is 47.5 Å². The number of nitrogens with zero attached hydrogens (tertiary/aromatic N) is 6. The summed E-state index contributed by atoms with van der Waals surface area (Å²) in [5.74, 6) is -2.84. The molecule has 2 aliphatic heterocycles. The number of nitrogens with one attached hydrogen (secondary N) is 1. The van der Waals surface area contributed by atoms with Crippen LogP contribution in [0.15, 0.2) is 42.5 Å². The summed E-state index contributed by atoms with van der Waals surface area (Å²) < 4.78 is 53.7. The lowest BCUT2D eigenvalue weighted by Crippen LogP contribution is -2.28. The number of likely N-dealkylation sites (tertiary alicyclic amines) is 1. The number of carbonyl (C=O) groups is 1. The monoisotopic (exact) mass is 749 g/mol. The standard InChI is InChI=1S/C37H38F3N7O3S2/c1-21-23-9-6-16-47(33(23)45-44-32(21)43-35-41-27-10-3-4-11-29(27)51-35)36-42-31(34(48)49-2)30(52-36)12-7-17-50-28-14-13-22(18-26(28)38)8-5-15-46-19-24-25(20-46)37(24,39)40/h3-4,10-11,13-14,18,24-25H,5-9,12,15-17,19-20H2,1-2H3,(H,41,43,44)/t24-,25+. The van der Waals surface area contributed by atoms with E-state index >= 15 is 0 Å². The SMILES string of the molecule is COC(=O)c1nc(N2CCCc3c2nnc(Nc2nc4ccccc4s2)c3C)sc1CCCOc1ccc(CCCN2C[C@@H]3[C@H](C2)C3(F)F)cc1F. The highest BCUT2D eigenvalue weighted by Gasteiger charge is 2.71. The number of aromatic nitrogens is 4. The van der Waals surface area contributed by atoms with E-state index in [1.165, 1.54) is 24.5 Å². The topological polar surface area (TPSA) is 106 Å². The van der Waals surface area contributed by atoms with Crippen molar-refractivity contribution < 1.29 is 27.4 Å². The van der Waals surface area contributed by atoms with Crippen molar-refractivity contribution in [2.45, 2.75) is 51.4 Å². The van der Waals surface area contributed by atoms with Gasteiger partial charge in [-0.3, -0.25) is 0 Å². The second-order valence-corrected chi connectivity index (χ2v) is 15.7. The summed E-state index contributed by atoms with van der Waals surface area (Å²) in [4.78, 5) is 27.0. The molecule has 3 aromatic heterocycles. The number of hydrogen-bond acceptors (Lipinski definition) is 12. The second kappa shape index (κ2) is 14.2. The van der Waals surface area contributed by atoms with Gasteiger partial charge in [-0.1, -0.05) is 29.5 Å². The van der Waals surface area contributed by atoms with Gasteiger partial charge in [0.15, 0.2) is 39.2 Å². The van der Waals surface area contributed by atoms with Gasteiger partial charge in [0.25, 0.3) is 5.92 Å². The molecule has 0 unspecified atom stereocenters. The van der Waals surface area contributed by atoms with E-state index in [1.807, 2.05) is 42.2 Å². The minimum atomic E-state index is -2.47.